The number of rotatable bonds is 4. The molecular formula is C13H23N5. The van der Waals surface area contributed by atoms with E-state index in [0.29, 0.717) is 6.54 Å². The van der Waals surface area contributed by atoms with Gasteiger partial charge in [-0.25, -0.2) is 9.97 Å². The van der Waals surface area contributed by atoms with E-state index < -0.39 is 0 Å². The maximum absolute atomic E-state index is 5.63. The first-order valence-corrected chi connectivity index (χ1v) is 6.52. The molecule has 1 aromatic heterocycles. The fraction of sp³-hybridized carbons (Fsp3) is 0.692. The molecule has 0 saturated carbocycles. The number of anilines is 1. The molecule has 2 heterocycles. The zero-order valence-electron chi connectivity index (χ0n) is 11.6. The number of likely N-dealkylation sites (tertiary alicyclic amines) is 1. The van der Waals surface area contributed by atoms with Crippen molar-refractivity contribution in [1.82, 2.24) is 14.9 Å². The van der Waals surface area contributed by atoms with E-state index in [2.05, 4.69) is 33.9 Å². The molecule has 1 saturated heterocycles. The van der Waals surface area contributed by atoms with Crippen LogP contribution in [0, 0.1) is 12.8 Å². The Morgan fingerprint density at radius 1 is 1.56 bits per heavy atom. The van der Waals surface area contributed by atoms with Crippen LogP contribution in [0.2, 0.25) is 0 Å². The quantitative estimate of drug-likeness (QED) is 0.848. The average Bonchev–Trinajstić information content (AvgIpc) is 2.74. The molecule has 0 spiro atoms. The number of aryl methyl sites for hydroxylation is 1. The van der Waals surface area contributed by atoms with E-state index in [1.807, 2.05) is 13.1 Å². The molecule has 1 aliphatic rings. The van der Waals surface area contributed by atoms with E-state index >= 15 is 0 Å². The number of hydrogen-bond donors (Lipinski definition) is 1. The first-order chi connectivity index (χ1) is 8.60. The summed E-state index contributed by atoms with van der Waals surface area (Å²) in [7, 11) is 4.24. The van der Waals surface area contributed by atoms with E-state index in [1.165, 1.54) is 19.5 Å². The molecule has 0 amide bonds. The summed E-state index contributed by atoms with van der Waals surface area (Å²) in [6, 6.07) is 0. The van der Waals surface area contributed by atoms with Gasteiger partial charge in [-0.2, -0.15) is 0 Å². The topological polar surface area (TPSA) is 58.3 Å². The first kappa shape index (κ1) is 13.2. The average molecular weight is 249 g/mol. The Hall–Kier alpha value is -1.20. The van der Waals surface area contributed by atoms with Crippen LogP contribution in [0.4, 0.5) is 5.95 Å². The molecule has 1 atom stereocenters. The van der Waals surface area contributed by atoms with Gasteiger partial charge in [-0.1, -0.05) is 0 Å². The maximum atomic E-state index is 5.63. The van der Waals surface area contributed by atoms with Crippen molar-refractivity contribution in [1.29, 1.82) is 0 Å². The molecule has 5 heteroatoms. The molecule has 1 fully saturated rings. The van der Waals surface area contributed by atoms with E-state index in [1.54, 1.807) is 0 Å². The lowest BCUT2D eigenvalue weighted by molar-refractivity contribution is 0.395. The van der Waals surface area contributed by atoms with Gasteiger partial charge in [-0.05, 0) is 32.9 Å². The standard InChI is InChI=1S/C13H23N5/c1-10-12(6-14)7-15-13(16-10)18(3)9-11-4-5-17(2)8-11/h7,11H,4-6,8-9,14H2,1-3H3. The second-order valence-corrected chi connectivity index (χ2v) is 5.28. The Morgan fingerprint density at radius 2 is 2.33 bits per heavy atom. The summed E-state index contributed by atoms with van der Waals surface area (Å²) in [6.07, 6.45) is 3.11. The van der Waals surface area contributed by atoms with E-state index in [9.17, 15) is 0 Å². The number of nitrogens with two attached hydrogens (primary N) is 1. The van der Waals surface area contributed by atoms with Gasteiger partial charge in [-0.15, -0.1) is 0 Å². The monoisotopic (exact) mass is 249 g/mol. The summed E-state index contributed by atoms with van der Waals surface area (Å²) >= 11 is 0. The Kier molecular flexibility index (Phi) is 4.14. The predicted molar refractivity (Wildman–Crippen MR) is 73.5 cm³/mol. The smallest absolute Gasteiger partial charge is 0.225 e. The lowest BCUT2D eigenvalue weighted by Crippen LogP contribution is -2.28. The Morgan fingerprint density at radius 3 is 2.89 bits per heavy atom. The molecule has 0 bridgehead atoms. The highest BCUT2D eigenvalue weighted by molar-refractivity contribution is 5.31. The van der Waals surface area contributed by atoms with Crippen molar-refractivity contribution in [2.24, 2.45) is 11.7 Å². The van der Waals surface area contributed by atoms with Crippen LogP contribution in [-0.2, 0) is 6.54 Å². The van der Waals surface area contributed by atoms with Gasteiger partial charge >= 0.3 is 0 Å². The molecule has 1 aromatic rings. The minimum absolute atomic E-state index is 0.503. The second-order valence-electron chi connectivity index (χ2n) is 5.28. The summed E-state index contributed by atoms with van der Waals surface area (Å²) in [5, 5.41) is 0. The van der Waals surface area contributed by atoms with Crippen LogP contribution in [0.1, 0.15) is 17.7 Å². The Balaban J connectivity index is 2.00. The van der Waals surface area contributed by atoms with Gasteiger partial charge in [0, 0.05) is 44.1 Å². The molecule has 0 aromatic carbocycles. The van der Waals surface area contributed by atoms with Crippen molar-refractivity contribution >= 4 is 5.95 Å². The van der Waals surface area contributed by atoms with Crippen LogP contribution in [0.25, 0.3) is 0 Å². The normalized spacial score (nSPS) is 20.3. The van der Waals surface area contributed by atoms with Crippen molar-refractivity contribution in [2.75, 3.05) is 38.6 Å². The maximum Gasteiger partial charge on any atom is 0.225 e. The van der Waals surface area contributed by atoms with Crippen molar-refractivity contribution in [3.05, 3.63) is 17.5 Å². The van der Waals surface area contributed by atoms with Crippen LogP contribution in [0.5, 0.6) is 0 Å². The number of aromatic nitrogens is 2. The molecule has 1 unspecified atom stereocenters. The first-order valence-electron chi connectivity index (χ1n) is 6.52. The highest BCUT2D eigenvalue weighted by atomic mass is 15.2. The molecular weight excluding hydrogens is 226 g/mol. The molecule has 2 N–H and O–H groups in total. The molecule has 18 heavy (non-hydrogen) atoms. The van der Waals surface area contributed by atoms with Crippen molar-refractivity contribution < 1.29 is 0 Å². The van der Waals surface area contributed by atoms with Crippen molar-refractivity contribution in [3.63, 3.8) is 0 Å². The van der Waals surface area contributed by atoms with Gasteiger partial charge in [0.25, 0.3) is 0 Å². The summed E-state index contributed by atoms with van der Waals surface area (Å²) in [4.78, 5) is 13.4. The lowest BCUT2D eigenvalue weighted by Gasteiger charge is -2.21. The summed E-state index contributed by atoms with van der Waals surface area (Å²) in [5.41, 5.74) is 7.63. The van der Waals surface area contributed by atoms with Crippen molar-refractivity contribution in [3.8, 4) is 0 Å². The molecule has 0 aliphatic carbocycles. The minimum Gasteiger partial charge on any atom is -0.344 e. The van der Waals surface area contributed by atoms with Crippen LogP contribution in [0.15, 0.2) is 6.20 Å². The molecule has 1 aliphatic heterocycles. The second kappa shape index (κ2) is 5.63. The summed E-state index contributed by atoms with van der Waals surface area (Å²) in [6.45, 7) is 5.88. The number of hydrogen-bond acceptors (Lipinski definition) is 5. The van der Waals surface area contributed by atoms with Gasteiger partial charge in [0.05, 0.1) is 0 Å². The highest BCUT2D eigenvalue weighted by Crippen LogP contribution is 2.17. The van der Waals surface area contributed by atoms with Crippen LogP contribution in [-0.4, -0.2) is 48.6 Å². The highest BCUT2D eigenvalue weighted by Gasteiger charge is 2.21. The SMILES string of the molecule is Cc1nc(N(C)CC2CCN(C)C2)ncc1CN. The van der Waals surface area contributed by atoms with Crippen LogP contribution >= 0.6 is 0 Å². The zero-order valence-corrected chi connectivity index (χ0v) is 11.6. The van der Waals surface area contributed by atoms with E-state index in [0.717, 1.165) is 29.7 Å². The molecule has 5 nitrogen and oxygen atoms in total. The largest absolute Gasteiger partial charge is 0.344 e. The lowest BCUT2D eigenvalue weighted by atomic mass is 10.1. The van der Waals surface area contributed by atoms with E-state index in [4.69, 9.17) is 5.73 Å². The molecule has 0 radical (unpaired) electrons. The molecule has 2 rings (SSSR count). The van der Waals surface area contributed by atoms with Crippen molar-refractivity contribution in [2.45, 2.75) is 19.9 Å². The fourth-order valence-corrected chi connectivity index (χ4v) is 2.51. The van der Waals surface area contributed by atoms with Gasteiger partial charge < -0.3 is 15.5 Å². The van der Waals surface area contributed by atoms with Gasteiger partial charge in [-0.3, -0.25) is 0 Å². The number of nitrogens with zero attached hydrogens (tertiary/aromatic N) is 4. The summed E-state index contributed by atoms with van der Waals surface area (Å²) < 4.78 is 0. The fourth-order valence-electron chi connectivity index (χ4n) is 2.51. The third-order valence-electron chi connectivity index (χ3n) is 3.65. The van der Waals surface area contributed by atoms with Gasteiger partial charge in [0.15, 0.2) is 0 Å². The Labute approximate surface area is 109 Å². The predicted octanol–water partition coefficient (Wildman–Crippen LogP) is 0.632. The minimum atomic E-state index is 0.503. The Bertz CT molecular complexity index is 406. The van der Waals surface area contributed by atoms with Gasteiger partial charge in [0.1, 0.15) is 0 Å². The van der Waals surface area contributed by atoms with E-state index in [-0.39, 0.29) is 0 Å². The van der Waals surface area contributed by atoms with Crippen LogP contribution < -0.4 is 10.6 Å². The molecule has 100 valence electrons. The zero-order chi connectivity index (χ0) is 13.1. The summed E-state index contributed by atoms with van der Waals surface area (Å²) in [5.74, 6) is 1.53. The third kappa shape index (κ3) is 2.97. The van der Waals surface area contributed by atoms with Crippen LogP contribution in [0.3, 0.4) is 0 Å². The van der Waals surface area contributed by atoms with Gasteiger partial charge in [0.2, 0.25) is 5.95 Å². The third-order valence-corrected chi connectivity index (χ3v) is 3.65.